The van der Waals surface area contributed by atoms with Gasteiger partial charge in [0.05, 0.1) is 10.3 Å². The average Bonchev–Trinajstić information content (AvgIpc) is 2.97. The largest absolute Gasteiger partial charge is 0.349 e. The zero-order valence-corrected chi connectivity index (χ0v) is 13.5. The van der Waals surface area contributed by atoms with Crippen LogP contribution in [0.4, 0.5) is 0 Å². The molecule has 0 unspecified atom stereocenters. The number of nitrogens with one attached hydrogen (secondary N) is 1. The highest BCUT2D eigenvalue weighted by atomic mass is 32.1. The van der Waals surface area contributed by atoms with Crippen molar-refractivity contribution in [3.8, 4) is 0 Å². The van der Waals surface area contributed by atoms with E-state index in [4.69, 9.17) is 0 Å². The first-order valence-corrected chi connectivity index (χ1v) is 8.31. The smallest absolute Gasteiger partial charge is 0.331 e. The number of thiophene rings is 1. The second-order valence-electron chi connectivity index (χ2n) is 5.84. The number of hydrogen-bond donors (Lipinski definition) is 1. The quantitative estimate of drug-likeness (QED) is 0.908. The normalized spacial score (nSPS) is 16.1. The summed E-state index contributed by atoms with van der Waals surface area (Å²) in [5, 5.41) is 3.46. The van der Waals surface area contributed by atoms with Crippen LogP contribution in [0.1, 0.15) is 41.8 Å². The fourth-order valence-corrected chi connectivity index (χ4v) is 3.99. The lowest BCUT2D eigenvalue weighted by atomic mass is 9.95. The number of rotatable bonds is 2. The second-order valence-corrected chi connectivity index (χ2v) is 6.87. The van der Waals surface area contributed by atoms with Gasteiger partial charge in [-0.3, -0.25) is 18.7 Å². The molecule has 1 N–H and O–H groups in total. The predicted molar refractivity (Wildman–Crippen MR) is 86.6 cm³/mol. The SMILES string of the molecule is Cn1c(=O)c2cc(C(=O)NC3CCCCC3)sc2n(C)c1=O. The Bertz CT molecular complexity index is 840. The third-order valence-corrected chi connectivity index (χ3v) is 5.50. The number of carbonyl (C=O) groups is 1. The third kappa shape index (κ3) is 2.49. The van der Waals surface area contributed by atoms with E-state index in [1.54, 1.807) is 13.1 Å². The van der Waals surface area contributed by atoms with Gasteiger partial charge in [0.15, 0.2) is 0 Å². The molecule has 118 valence electrons. The molecular weight excluding hydrogens is 302 g/mol. The van der Waals surface area contributed by atoms with Crippen LogP contribution in [0.25, 0.3) is 10.2 Å². The zero-order chi connectivity index (χ0) is 15.9. The Morgan fingerprint density at radius 2 is 1.86 bits per heavy atom. The van der Waals surface area contributed by atoms with E-state index in [-0.39, 0.29) is 23.2 Å². The molecule has 22 heavy (non-hydrogen) atoms. The van der Waals surface area contributed by atoms with Crippen LogP contribution in [0.3, 0.4) is 0 Å². The molecule has 2 heterocycles. The molecule has 0 spiro atoms. The summed E-state index contributed by atoms with van der Waals surface area (Å²) < 4.78 is 2.48. The van der Waals surface area contributed by atoms with Crippen LogP contribution in [0, 0.1) is 0 Å². The maximum Gasteiger partial charge on any atom is 0.331 e. The first kappa shape index (κ1) is 15.0. The van der Waals surface area contributed by atoms with E-state index >= 15 is 0 Å². The van der Waals surface area contributed by atoms with Crippen molar-refractivity contribution < 1.29 is 4.79 Å². The Kier molecular flexibility index (Phi) is 3.90. The van der Waals surface area contributed by atoms with Crippen molar-refractivity contribution in [2.75, 3.05) is 0 Å². The van der Waals surface area contributed by atoms with E-state index in [0.717, 1.165) is 30.3 Å². The summed E-state index contributed by atoms with van der Waals surface area (Å²) in [4.78, 5) is 37.5. The van der Waals surface area contributed by atoms with Gasteiger partial charge in [0.1, 0.15) is 4.83 Å². The number of amides is 1. The van der Waals surface area contributed by atoms with Crippen molar-refractivity contribution in [3.05, 3.63) is 31.8 Å². The van der Waals surface area contributed by atoms with E-state index in [1.165, 1.54) is 29.4 Å². The van der Waals surface area contributed by atoms with Crippen LogP contribution in [0.15, 0.2) is 15.7 Å². The molecule has 0 radical (unpaired) electrons. The van der Waals surface area contributed by atoms with Gasteiger partial charge in [-0.15, -0.1) is 11.3 Å². The minimum absolute atomic E-state index is 0.150. The molecule has 6 nitrogen and oxygen atoms in total. The summed E-state index contributed by atoms with van der Waals surface area (Å²) in [5.74, 6) is -0.150. The Hall–Kier alpha value is -1.89. The topological polar surface area (TPSA) is 73.1 Å². The number of fused-ring (bicyclic) bond motifs is 1. The summed E-state index contributed by atoms with van der Waals surface area (Å²) in [7, 11) is 3.06. The highest BCUT2D eigenvalue weighted by molar-refractivity contribution is 7.20. The predicted octanol–water partition coefficient (Wildman–Crippen LogP) is 1.36. The third-order valence-electron chi connectivity index (χ3n) is 4.29. The molecule has 0 aliphatic heterocycles. The van der Waals surface area contributed by atoms with Gasteiger partial charge in [0.25, 0.3) is 11.5 Å². The lowest BCUT2D eigenvalue weighted by molar-refractivity contribution is 0.0932. The van der Waals surface area contributed by atoms with Gasteiger partial charge in [-0.2, -0.15) is 0 Å². The molecule has 0 saturated heterocycles. The van der Waals surface area contributed by atoms with Crippen LogP contribution in [-0.2, 0) is 14.1 Å². The number of carbonyl (C=O) groups excluding carboxylic acids is 1. The molecule has 1 aliphatic rings. The van der Waals surface area contributed by atoms with Gasteiger partial charge < -0.3 is 5.32 Å². The van der Waals surface area contributed by atoms with Gasteiger partial charge in [-0.05, 0) is 18.9 Å². The first-order chi connectivity index (χ1) is 10.5. The maximum atomic E-state index is 12.4. The number of nitrogens with zero attached hydrogens (tertiary/aromatic N) is 2. The molecule has 7 heteroatoms. The second kappa shape index (κ2) is 5.72. The van der Waals surface area contributed by atoms with Crippen LogP contribution < -0.4 is 16.6 Å². The van der Waals surface area contributed by atoms with Crippen molar-refractivity contribution in [2.24, 2.45) is 14.1 Å². The van der Waals surface area contributed by atoms with E-state index in [2.05, 4.69) is 5.32 Å². The molecule has 3 rings (SSSR count). The van der Waals surface area contributed by atoms with Crippen LogP contribution in [0.2, 0.25) is 0 Å². The number of aromatic nitrogens is 2. The molecule has 1 aliphatic carbocycles. The average molecular weight is 321 g/mol. The van der Waals surface area contributed by atoms with Gasteiger partial charge in [-0.25, -0.2) is 4.79 Å². The Morgan fingerprint density at radius 3 is 2.55 bits per heavy atom. The fourth-order valence-electron chi connectivity index (χ4n) is 2.98. The fraction of sp³-hybridized carbons (Fsp3) is 0.533. The number of aryl methyl sites for hydroxylation is 1. The lowest BCUT2D eigenvalue weighted by Gasteiger charge is -2.22. The van der Waals surface area contributed by atoms with Crippen LogP contribution in [-0.4, -0.2) is 21.1 Å². The van der Waals surface area contributed by atoms with Gasteiger partial charge >= 0.3 is 5.69 Å². The lowest BCUT2D eigenvalue weighted by Crippen LogP contribution is -2.36. The maximum absolute atomic E-state index is 12.4. The van der Waals surface area contributed by atoms with E-state index in [0.29, 0.717) is 15.1 Å². The molecule has 2 aromatic heterocycles. The molecule has 0 atom stereocenters. The van der Waals surface area contributed by atoms with Crippen LogP contribution in [0.5, 0.6) is 0 Å². The van der Waals surface area contributed by atoms with Crippen molar-refractivity contribution in [1.29, 1.82) is 0 Å². The van der Waals surface area contributed by atoms with Gasteiger partial charge in [0, 0.05) is 20.1 Å². The Labute approximate surface area is 131 Å². The first-order valence-electron chi connectivity index (χ1n) is 7.49. The summed E-state index contributed by atoms with van der Waals surface area (Å²) >= 11 is 1.20. The molecule has 1 amide bonds. The van der Waals surface area contributed by atoms with Crippen molar-refractivity contribution in [2.45, 2.75) is 38.1 Å². The summed E-state index contributed by atoms with van der Waals surface area (Å²) in [6.45, 7) is 0. The highest BCUT2D eigenvalue weighted by Gasteiger charge is 2.20. The molecular formula is C15H19N3O3S. The van der Waals surface area contributed by atoms with Crippen molar-refractivity contribution >= 4 is 27.5 Å². The van der Waals surface area contributed by atoms with Gasteiger partial charge in [-0.1, -0.05) is 19.3 Å². The zero-order valence-electron chi connectivity index (χ0n) is 12.7. The Balaban J connectivity index is 1.96. The standard InChI is InChI=1S/C15H19N3O3S/c1-17-13(20)10-8-11(22-14(10)18(2)15(17)21)12(19)16-9-6-4-3-5-7-9/h8-9H,3-7H2,1-2H3,(H,16,19). The van der Waals surface area contributed by atoms with Crippen molar-refractivity contribution in [3.63, 3.8) is 0 Å². The van der Waals surface area contributed by atoms with E-state index in [9.17, 15) is 14.4 Å². The highest BCUT2D eigenvalue weighted by Crippen LogP contribution is 2.23. The summed E-state index contributed by atoms with van der Waals surface area (Å²) in [6, 6.07) is 1.82. The molecule has 0 aromatic carbocycles. The summed E-state index contributed by atoms with van der Waals surface area (Å²) in [5.41, 5.74) is -0.732. The molecule has 1 saturated carbocycles. The molecule has 2 aromatic rings. The number of hydrogen-bond acceptors (Lipinski definition) is 4. The monoisotopic (exact) mass is 321 g/mol. The van der Waals surface area contributed by atoms with E-state index in [1.807, 2.05) is 0 Å². The van der Waals surface area contributed by atoms with E-state index < -0.39 is 0 Å². The van der Waals surface area contributed by atoms with Gasteiger partial charge in [0.2, 0.25) is 0 Å². The molecule has 0 bridgehead atoms. The minimum atomic E-state index is -0.376. The summed E-state index contributed by atoms with van der Waals surface area (Å²) in [6.07, 6.45) is 5.54. The van der Waals surface area contributed by atoms with Crippen molar-refractivity contribution in [1.82, 2.24) is 14.5 Å². The Morgan fingerprint density at radius 1 is 1.18 bits per heavy atom. The minimum Gasteiger partial charge on any atom is -0.349 e. The molecule has 1 fully saturated rings. The van der Waals surface area contributed by atoms with Crippen LogP contribution >= 0.6 is 11.3 Å².